The molecule has 1 N–H and O–H groups in total. The molecular weight excluding hydrogens is 390 g/mol. The lowest BCUT2D eigenvalue weighted by molar-refractivity contribution is -0.139. The standard InChI is InChI=1S/C21H21N3O4S/c1-23(2)21(28)29-17-9-7-16(8-10-17)22-20(27)15-5-3-14(4-6-15)13-24-18(25)11-12-19(24)26/h3-10H,11-13H2,1-2H3,(H,22,27). The minimum absolute atomic E-state index is 0.0702. The first kappa shape index (κ1) is 20.6. The molecule has 3 rings (SSSR count). The first-order valence-corrected chi connectivity index (χ1v) is 9.88. The average molecular weight is 411 g/mol. The number of likely N-dealkylation sites (tertiary alicyclic amines) is 1. The van der Waals surface area contributed by atoms with Crippen LogP contribution in [0.1, 0.15) is 28.8 Å². The quantitative estimate of drug-likeness (QED) is 0.602. The number of hydrogen-bond donors (Lipinski definition) is 1. The molecule has 1 aliphatic heterocycles. The molecule has 1 fully saturated rings. The molecule has 0 unspecified atom stereocenters. The maximum Gasteiger partial charge on any atom is 0.285 e. The molecule has 4 amide bonds. The lowest BCUT2D eigenvalue weighted by Crippen LogP contribution is -2.28. The summed E-state index contributed by atoms with van der Waals surface area (Å²) < 4.78 is 0. The van der Waals surface area contributed by atoms with Crippen LogP contribution in [0, 0.1) is 0 Å². The van der Waals surface area contributed by atoms with Crippen molar-refractivity contribution in [3.05, 3.63) is 59.7 Å². The fourth-order valence-electron chi connectivity index (χ4n) is 2.75. The first-order valence-electron chi connectivity index (χ1n) is 9.06. The Morgan fingerprint density at radius 2 is 1.55 bits per heavy atom. The van der Waals surface area contributed by atoms with Crippen molar-refractivity contribution in [2.75, 3.05) is 19.4 Å². The van der Waals surface area contributed by atoms with E-state index in [2.05, 4.69) is 5.32 Å². The van der Waals surface area contributed by atoms with Gasteiger partial charge in [-0.25, -0.2) is 0 Å². The Kier molecular flexibility index (Phi) is 6.33. The highest BCUT2D eigenvalue weighted by Crippen LogP contribution is 2.23. The van der Waals surface area contributed by atoms with E-state index >= 15 is 0 Å². The van der Waals surface area contributed by atoms with Gasteiger partial charge in [0, 0.05) is 43.1 Å². The van der Waals surface area contributed by atoms with Crippen molar-refractivity contribution in [1.82, 2.24) is 9.80 Å². The average Bonchev–Trinajstić information content (AvgIpc) is 3.02. The van der Waals surface area contributed by atoms with E-state index in [4.69, 9.17) is 0 Å². The van der Waals surface area contributed by atoms with E-state index in [9.17, 15) is 19.2 Å². The number of amides is 4. The molecule has 0 aliphatic carbocycles. The molecule has 0 atom stereocenters. The summed E-state index contributed by atoms with van der Waals surface area (Å²) >= 11 is 1.11. The maximum atomic E-state index is 12.4. The van der Waals surface area contributed by atoms with Gasteiger partial charge >= 0.3 is 0 Å². The van der Waals surface area contributed by atoms with Gasteiger partial charge in [0.15, 0.2) is 0 Å². The van der Waals surface area contributed by atoms with Gasteiger partial charge in [0.1, 0.15) is 0 Å². The van der Waals surface area contributed by atoms with E-state index in [0.717, 1.165) is 22.2 Å². The normalized spacial score (nSPS) is 13.5. The van der Waals surface area contributed by atoms with Gasteiger partial charge in [0.2, 0.25) is 11.8 Å². The first-order chi connectivity index (χ1) is 13.8. The topological polar surface area (TPSA) is 86.8 Å². The van der Waals surface area contributed by atoms with Crippen LogP contribution in [0.3, 0.4) is 0 Å². The van der Waals surface area contributed by atoms with Gasteiger partial charge in [0.05, 0.1) is 6.54 Å². The Labute approximate surface area is 173 Å². The number of carbonyl (C=O) groups is 4. The van der Waals surface area contributed by atoms with E-state index < -0.39 is 0 Å². The third-order valence-electron chi connectivity index (χ3n) is 4.39. The van der Waals surface area contributed by atoms with Gasteiger partial charge in [-0.1, -0.05) is 12.1 Å². The molecule has 7 nitrogen and oxygen atoms in total. The van der Waals surface area contributed by atoms with Crippen LogP contribution in [0.25, 0.3) is 0 Å². The Hall–Kier alpha value is -3.13. The second kappa shape index (κ2) is 8.91. The van der Waals surface area contributed by atoms with Crippen molar-refractivity contribution in [2.24, 2.45) is 0 Å². The van der Waals surface area contributed by atoms with Crippen molar-refractivity contribution in [2.45, 2.75) is 24.3 Å². The van der Waals surface area contributed by atoms with Crippen LogP contribution in [0.5, 0.6) is 0 Å². The number of nitrogens with zero attached hydrogens (tertiary/aromatic N) is 2. The molecule has 0 aromatic heterocycles. The summed E-state index contributed by atoms with van der Waals surface area (Å²) in [6.45, 7) is 0.227. The van der Waals surface area contributed by atoms with Gasteiger partial charge in [-0.2, -0.15) is 0 Å². The van der Waals surface area contributed by atoms with E-state index in [1.807, 2.05) is 0 Å². The van der Waals surface area contributed by atoms with Crippen molar-refractivity contribution in [3.63, 3.8) is 0 Å². The molecule has 150 valence electrons. The Balaban J connectivity index is 1.58. The monoisotopic (exact) mass is 411 g/mol. The molecule has 8 heteroatoms. The van der Waals surface area contributed by atoms with E-state index in [0.29, 0.717) is 11.3 Å². The molecule has 0 spiro atoms. The summed E-state index contributed by atoms with van der Waals surface area (Å²) in [5.74, 6) is -0.592. The van der Waals surface area contributed by atoms with E-state index in [-0.39, 0.29) is 42.3 Å². The van der Waals surface area contributed by atoms with Crippen LogP contribution in [0.2, 0.25) is 0 Å². The lowest BCUT2D eigenvalue weighted by Gasteiger charge is -2.14. The highest BCUT2D eigenvalue weighted by atomic mass is 32.2. The fourth-order valence-corrected chi connectivity index (χ4v) is 3.40. The predicted octanol–water partition coefficient (Wildman–Crippen LogP) is 3.36. The molecular formula is C21H21N3O4S. The molecule has 1 aliphatic rings. The van der Waals surface area contributed by atoms with Crippen LogP contribution in [-0.4, -0.2) is 46.9 Å². The van der Waals surface area contributed by atoms with Crippen molar-refractivity contribution in [1.29, 1.82) is 0 Å². The molecule has 0 radical (unpaired) electrons. The highest BCUT2D eigenvalue weighted by molar-refractivity contribution is 8.13. The summed E-state index contributed by atoms with van der Waals surface area (Å²) in [7, 11) is 3.38. The van der Waals surface area contributed by atoms with Crippen LogP contribution in [0.4, 0.5) is 10.5 Å². The lowest BCUT2D eigenvalue weighted by atomic mass is 10.1. The molecule has 0 bridgehead atoms. The number of thioether (sulfide) groups is 1. The maximum absolute atomic E-state index is 12.4. The minimum Gasteiger partial charge on any atom is -0.339 e. The summed E-state index contributed by atoms with van der Waals surface area (Å²) in [5.41, 5.74) is 1.88. The number of anilines is 1. The third kappa shape index (κ3) is 5.23. The van der Waals surface area contributed by atoms with Crippen molar-refractivity contribution in [3.8, 4) is 0 Å². The molecule has 1 heterocycles. The molecule has 29 heavy (non-hydrogen) atoms. The zero-order valence-corrected chi connectivity index (χ0v) is 17.0. The Morgan fingerprint density at radius 3 is 2.10 bits per heavy atom. The van der Waals surface area contributed by atoms with Gasteiger partial charge in [-0.3, -0.25) is 24.1 Å². The Morgan fingerprint density at radius 1 is 0.966 bits per heavy atom. The zero-order chi connectivity index (χ0) is 21.0. The zero-order valence-electron chi connectivity index (χ0n) is 16.2. The van der Waals surface area contributed by atoms with Crippen molar-refractivity contribution < 1.29 is 19.2 Å². The number of carbonyl (C=O) groups excluding carboxylic acids is 4. The minimum atomic E-state index is -0.269. The third-order valence-corrected chi connectivity index (χ3v) is 5.44. The second-order valence-electron chi connectivity index (χ2n) is 6.81. The number of nitrogens with one attached hydrogen (secondary N) is 1. The van der Waals surface area contributed by atoms with Gasteiger partial charge < -0.3 is 10.2 Å². The number of rotatable bonds is 5. The number of imide groups is 1. The summed E-state index contributed by atoms with van der Waals surface area (Å²) in [4.78, 5) is 51.1. The fraction of sp³-hybridized carbons (Fsp3) is 0.238. The van der Waals surface area contributed by atoms with Gasteiger partial charge in [-0.05, 0) is 53.7 Å². The van der Waals surface area contributed by atoms with Gasteiger partial charge in [0.25, 0.3) is 11.1 Å². The smallest absolute Gasteiger partial charge is 0.285 e. The van der Waals surface area contributed by atoms with Crippen LogP contribution >= 0.6 is 11.8 Å². The molecule has 2 aromatic carbocycles. The predicted molar refractivity (Wildman–Crippen MR) is 111 cm³/mol. The second-order valence-corrected chi connectivity index (χ2v) is 7.84. The van der Waals surface area contributed by atoms with Crippen LogP contribution in [0.15, 0.2) is 53.4 Å². The SMILES string of the molecule is CN(C)C(=O)Sc1ccc(NC(=O)c2ccc(CN3C(=O)CCC3=O)cc2)cc1. The molecule has 0 saturated carbocycles. The largest absolute Gasteiger partial charge is 0.339 e. The van der Waals surface area contributed by atoms with E-state index in [1.54, 1.807) is 62.6 Å². The number of hydrogen-bond acceptors (Lipinski definition) is 5. The highest BCUT2D eigenvalue weighted by Gasteiger charge is 2.28. The number of benzene rings is 2. The van der Waals surface area contributed by atoms with E-state index in [1.165, 1.54) is 9.80 Å². The summed E-state index contributed by atoms with van der Waals surface area (Å²) in [5, 5.41) is 2.74. The molecule has 1 saturated heterocycles. The van der Waals surface area contributed by atoms with Crippen LogP contribution in [-0.2, 0) is 16.1 Å². The summed E-state index contributed by atoms with van der Waals surface area (Å²) in [6, 6.07) is 13.8. The molecule has 2 aromatic rings. The Bertz CT molecular complexity index is 923. The van der Waals surface area contributed by atoms with Crippen molar-refractivity contribution >= 4 is 40.4 Å². The van der Waals surface area contributed by atoms with Gasteiger partial charge in [-0.15, -0.1) is 0 Å². The van der Waals surface area contributed by atoms with Crippen LogP contribution < -0.4 is 5.32 Å². The summed E-state index contributed by atoms with van der Waals surface area (Å²) in [6.07, 6.45) is 0.528.